The molecule has 16 heavy (non-hydrogen) atoms. The summed E-state index contributed by atoms with van der Waals surface area (Å²) in [6, 6.07) is 11.6. The van der Waals surface area contributed by atoms with Gasteiger partial charge in [0.15, 0.2) is 6.29 Å². The van der Waals surface area contributed by atoms with Crippen molar-refractivity contribution in [1.82, 2.24) is 4.98 Å². The number of nitrogens with zero attached hydrogens (tertiary/aromatic N) is 1. The molecule has 2 rings (SSSR count). The van der Waals surface area contributed by atoms with Crippen LogP contribution in [0.25, 0.3) is 0 Å². The van der Waals surface area contributed by atoms with Gasteiger partial charge >= 0.3 is 0 Å². The molecule has 0 radical (unpaired) electrons. The van der Waals surface area contributed by atoms with Crippen LogP contribution in [0.1, 0.15) is 15.9 Å². The van der Waals surface area contributed by atoms with Crippen molar-refractivity contribution in [3.8, 4) is 0 Å². The van der Waals surface area contributed by atoms with Crippen LogP contribution in [0.3, 0.4) is 0 Å². The lowest BCUT2D eigenvalue weighted by Crippen LogP contribution is -1.97. The Kier molecular flexibility index (Phi) is 2.96. The van der Waals surface area contributed by atoms with Gasteiger partial charge < -0.3 is 5.32 Å². The lowest BCUT2D eigenvalue weighted by Gasteiger charge is -2.08. The highest BCUT2D eigenvalue weighted by Gasteiger charge is 2.01. The molecule has 3 nitrogen and oxygen atoms in total. The minimum absolute atomic E-state index is 0.594. The molecule has 1 aromatic heterocycles. The monoisotopic (exact) mass is 212 g/mol. The van der Waals surface area contributed by atoms with Crippen molar-refractivity contribution < 1.29 is 4.79 Å². The van der Waals surface area contributed by atoms with E-state index in [1.165, 1.54) is 0 Å². The number of carbonyl (C=O) groups excluding carboxylic acids is 1. The highest BCUT2D eigenvalue weighted by atomic mass is 16.1. The zero-order valence-electron chi connectivity index (χ0n) is 8.97. The Morgan fingerprint density at radius 3 is 2.62 bits per heavy atom. The van der Waals surface area contributed by atoms with E-state index in [1.807, 2.05) is 43.3 Å². The predicted octanol–water partition coefficient (Wildman–Crippen LogP) is 2.95. The normalized spacial score (nSPS) is 9.81. The van der Waals surface area contributed by atoms with Crippen molar-refractivity contribution in [2.75, 3.05) is 5.32 Å². The smallest absolute Gasteiger partial charge is 0.151 e. The Morgan fingerprint density at radius 2 is 2.00 bits per heavy atom. The van der Waals surface area contributed by atoms with E-state index in [9.17, 15) is 4.79 Å². The molecule has 0 amide bonds. The summed E-state index contributed by atoms with van der Waals surface area (Å²) in [5, 5.41) is 3.20. The summed E-state index contributed by atoms with van der Waals surface area (Å²) in [6.45, 7) is 1.92. The van der Waals surface area contributed by atoms with Crippen molar-refractivity contribution in [3.05, 3.63) is 53.7 Å². The lowest BCUT2D eigenvalue weighted by atomic mass is 10.2. The van der Waals surface area contributed by atoms with Crippen molar-refractivity contribution in [1.29, 1.82) is 0 Å². The SMILES string of the molecule is Cc1cc(C=O)cnc1Nc1ccccc1. The number of carbonyl (C=O) groups is 1. The summed E-state index contributed by atoms with van der Waals surface area (Å²) in [7, 11) is 0. The Bertz CT molecular complexity index is 495. The second-order valence-electron chi connectivity index (χ2n) is 3.54. The molecule has 1 aromatic carbocycles. The number of nitrogens with one attached hydrogen (secondary N) is 1. The molecule has 1 N–H and O–H groups in total. The lowest BCUT2D eigenvalue weighted by molar-refractivity contribution is 0.112. The zero-order chi connectivity index (χ0) is 11.4. The molecule has 0 atom stereocenters. The average Bonchev–Trinajstić information content (AvgIpc) is 2.33. The molecule has 0 saturated heterocycles. The van der Waals surface area contributed by atoms with Crippen LogP contribution in [0, 0.1) is 6.92 Å². The first kappa shape index (κ1) is 10.4. The van der Waals surface area contributed by atoms with Crippen LogP contribution >= 0.6 is 0 Å². The van der Waals surface area contributed by atoms with Crippen molar-refractivity contribution in [2.45, 2.75) is 6.92 Å². The fourth-order valence-corrected chi connectivity index (χ4v) is 1.45. The van der Waals surface area contributed by atoms with E-state index in [-0.39, 0.29) is 0 Å². The van der Waals surface area contributed by atoms with Gasteiger partial charge in [-0.2, -0.15) is 0 Å². The number of aromatic nitrogens is 1. The quantitative estimate of drug-likeness (QED) is 0.795. The minimum Gasteiger partial charge on any atom is -0.340 e. The zero-order valence-corrected chi connectivity index (χ0v) is 8.97. The van der Waals surface area contributed by atoms with E-state index in [0.717, 1.165) is 23.4 Å². The van der Waals surface area contributed by atoms with E-state index in [1.54, 1.807) is 6.20 Å². The van der Waals surface area contributed by atoms with Crippen LogP contribution in [0.15, 0.2) is 42.6 Å². The van der Waals surface area contributed by atoms with Gasteiger partial charge in [-0.3, -0.25) is 4.79 Å². The maximum atomic E-state index is 10.6. The van der Waals surface area contributed by atoms with Crippen LogP contribution < -0.4 is 5.32 Å². The van der Waals surface area contributed by atoms with Crippen molar-refractivity contribution in [3.63, 3.8) is 0 Å². The number of anilines is 2. The second kappa shape index (κ2) is 4.57. The molecule has 3 heteroatoms. The molecule has 0 saturated carbocycles. The number of pyridine rings is 1. The molecule has 0 aliphatic rings. The first-order valence-electron chi connectivity index (χ1n) is 5.03. The summed E-state index contributed by atoms with van der Waals surface area (Å²) in [5.74, 6) is 0.775. The number of hydrogen-bond donors (Lipinski definition) is 1. The molecule has 0 aliphatic carbocycles. The summed E-state index contributed by atoms with van der Waals surface area (Å²) >= 11 is 0. The molecule has 0 aliphatic heterocycles. The van der Waals surface area contributed by atoms with Crippen LogP contribution in [0.4, 0.5) is 11.5 Å². The third kappa shape index (κ3) is 2.25. The number of rotatable bonds is 3. The van der Waals surface area contributed by atoms with Gasteiger partial charge in [-0.1, -0.05) is 18.2 Å². The number of benzene rings is 1. The molecule has 0 spiro atoms. The van der Waals surface area contributed by atoms with Crippen LogP contribution in [-0.2, 0) is 0 Å². The molecular weight excluding hydrogens is 200 g/mol. The largest absolute Gasteiger partial charge is 0.340 e. The fourth-order valence-electron chi connectivity index (χ4n) is 1.45. The van der Waals surface area contributed by atoms with Gasteiger partial charge in [-0.15, -0.1) is 0 Å². The van der Waals surface area contributed by atoms with Gasteiger partial charge in [0.05, 0.1) is 0 Å². The van der Waals surface area contributed by atoms with Crippen LogP contribution in [-0.4, -0.2) is 11.3 Å². The summed E-state index contributed by atoms with van der Waals surface area (Å²) in [5.41, 5.74) is 2.53. The van der Waals surface area contributed by atoms with E-state index in [2.05, 4.69) is 10.3 Å². The first-order chi connectivity index (χ1) is 7.79. The third-order valence-electron chi connectivity index (χ3n) is 2.27. The molecule has 1 heterocycles. The Hall–Kier alpha value is -2.16. The van der Waals surface area contributed by atoms with Crippen LogP contribution in [0.2, 0.25) is 0 Å². The number of hydrogen-bond acceptors (Lipinski definition) is 3. The van der Waals surface area contributed by atoms with Gasteiger partial charge in [0.2, 0.25) is 0 Å². The predicted molar refractivity (Wildman–Crippen MR) is 64.1 cm³/mol. The Morgan fingerprint density at radius 1 is 1.25 bits per heavy atom. The molecule has 80 valence electrons. The van der Waals surface area contributed by atoms with Crippen LogP contribution in [0.5, 0.6) is 0 Å². The second-order valence-corrected chi connectivity index (χ2v) is 3.54. The Balaban J connectivity index is 2.25. The maximum absolute atomic E-state index is 10.6. The Labute approximate surface area is 94.1 Å². The van der Waals surface area contributed by atoms with E-state index in [0.29, 0.717) is 5.56 Å². The maximum Gasteiger partial charge on any atom is 0.151 e. The van der Waals surface area contributed by atoms with Gasteiger partial charge in [0, 0.05) is 17.4 Å². The van der Waals surface area contributed by atoms with Gasteiger partial charge in [0.25, 0.3) is 0 Å². The highest BCUT2D eigenvalue weighted by molar-refractivity contribution is 5.75. The van der Waals surface area contributed by atoms with Crippen molar-refractivity contribution in [2.24, 2.45) is 0 Å². The molecule has 0 bridgehead atoms. The van der Waals surface area contributed by atoms with E-state index < -0.39 is 0 Å². The topological polar surface area (TPSA) is 42.0 Å². The molecule has 2 aromatic rings. The molecular formula is C13H12N2O. The summed E-state index contributed by atoms with van der Waals surface area (Å²) < 4.78 is 0. The minimum atomic E-state index is 0.594. The highest BCUT2D eigenvalue weighted by Crippen LogP contribution is 2.17. The summed E-state index contributed by atoms with van der Waals surface area (Å²) in [4.78, 5) is 14.8. The first-order valence-corrected chi connectivity index (χ1v) is 5.03. The number of para-hydroxylation sites is 1. The third-order valence-corrected chi connectivity index (χ3v) is 2.27. The van der Waals surface area contributed by atoms with E-state index >= 15 is 0 Å². The van der Waals surface area contributed by atoms with Gasteiger partial charge in [0.1, 0.15) is 5.82 Å². The number of aryl methyl sites for hydroxylation is 1. The molecule has 0 unspecified atom stereocenters. The fraction of sp³-hybridized carbons (Fsp3) is 0.0769. The standard InChI is InChI=1S/C13H12N2O/c1-10-7-11(9-16)8-14-13(10)15-12-5-3-2-4-6-12/h2-9H,1H3,(H,14,15). The summed E-state index contributed by atoms with van der Waals surface area (Å²) in [6.07, 6.45) is 2.36. The van der Waals surface area contributed by atoms with Crippen molar-refractivity contribution >= 4 is 17.8 Å². The van der Waals surface area contributed by atoms with Gasteiger partial charge in [-0.25, -0.2) is 4.98 Å². The van der Waals surface area contributed by atoms with E-state index in [4.69, 9.17) is 0 Å². The average molecular weight is 212 g/mol. The molecule has 0 fully saturated rings. The number of aldehydes is 1. The van der Waals surface area contributed by atoms with Gasteiger partial charge in [-0.05, 0) is 30.7 Å².